The first-order valence-electron chi connectivity index (χ1n) is 12.8. The molecule has 202 valence electrons. The van der Waals surface area contributed by atoms with Gasteiger partial charge in [0.1, 0.15) is 23.4 Å². The Morgan fingerprint density at radius 1 is 1.00 bits per heavy atom. The molecule has 0 radical (unpaired) electrons. The molecule has 37 heavy (non-hydrogen) atoms. The van der Waals surface area contributed by atoms with Gasteiger partial charge in [-0.15, -0.1) is 0 Å². The summed E-state index contributed by atoms with van der Waals surface area (Å²) in [6, 6.07) is 13.4. The summed E-state index contributed by atoms with van der Waals surface area (Å²) in [4.78, 5) is 41.8. The van der Waals surface area contributed by atoms with E-state index < -0.39 is 29.7 Å². The van der Waals surface area contributed by atoms with Gasteiger partial charge in [0.05, 0.1) is 0 Å². The predicted molar refractivity (Wildman–Crippen MR) is 144 cm³/mol. The van der Waals surface area contributed by atoms with Crippen molar-refractivity contribution >= 4 is 17.9 Å². The summed E-state index contributed by atoms with van der Waals surface area (Å²) < 4.78 is 5.43. The fourth-order valence-corrected chi connectivity index (χ4v) is 3.94. The van der Waals surface area contributed by atoms with Crippen molar-refractivity contribution in [3.63, 3.8) is 0 Å². The maximum absolute atomic E-state index is 14.1. The Labute approximate surface area is 220 Å². The molecular weight excluding hydrogens is 470 g/mol. The van der Waals surface area contributed by atoms with Crippen molar-refractivity contribution in [3.8, 4) is 5.75 Å². The topological polar surface area (TPSA) is 108 Å². The number of ether oxygens (including phenoxy) is 1. The number of aromatic hydroxyl groups is 1. The van der Waals surface area contributed by atoms with E-state index in [9.17, 15) is 19.5 Å². The van der Waals surface area contributed by atoms with Gasteiger partial charge >= 0.3 is 6.09 Å². The summed E-state index contributed by atoms with van der Waals surface area (Å²) in [6.07, 6.45) is 1.18. The van der Waals surface area contributed by atoms with Gasteiger partial charge < -0.3 is 25.4 Å². The molecular formula is C29H41N3O5. The molecule has 0 fully saturated rings. The monoisotopic (exact) mass is 511 g/mol. The number of carbonyl (C=O) groups is 3. The summed E-state index contributed by atoms with van der Waals surface area (Å²) >= 11 is 0. The molecule has 0 aliphatic carbocycles. The molecule has 0 saturated carbocycles. The van der Waals surface area contributed by atoms with Crippen LogP contribution in [-0.2, 0) is 20.7 Å². The van der Waals surface area contributed by atoms with E-state index in [1.54, 1.807) is 32.9 Å². The molecule has 0 aliphatic rings. The van der Waals surface area contributed by atoms with Gasteiger partial charge in [0, 0.05) is 19.0 Å². The Bertz CT molecular complexity index is 1020. The zero-order chi connectivity index (χ0) is 27.6. The van der Waals surface area contributed by atoms with E-state index in [1.807, 2.05) is 51.1 Å². The fraction of sp³-hybridized carbons (Fsp3) is 0.483. The first kappa shape index (κ1) is 29.7. The highest BCUT2D eigenvalue weighted by Crippen LogP contribution is 2.26. The van der Waals surface area contributed by atoms with Crippen molar-refractivity contribution in [2.75, 3.05) is 6.54 Å². The Morgan fingerprint density at radius 2 is 1.62 bits per heavy atom. The number of hydrogen-bond acceptors (Lipinski definition) is 5. The van der Waals surface area contributed by atoms with Crippen LogP contribution < -0.4 is 10.6 Å². The highest BCUT2D eigenvalue weighted by atomic mass is 16.6. The molecule has 2 aromatic rings. The minimum atomic E-state index is -1.00. The van der Waals surface area contributed by atoms with Crippen LogP contribution in [0.15, 0.2) is 54.6 Å². The SMILES string of the molecule is CCCCNC(=O)C(c1ccccc1)N(C(=O)C(Cc1ccc(O)cc1)NC(=O)OC(C)(C)C)C(C)C. The van der Waals surface area contributed by atoms with Crippen LogP contribution in [0.3, 0.4) is 0 Å². The summed E-state index contributed by atoms with van der Waals surface area (Å²) in [5, 5.41) is 15.4. The quantitative estimate of drug-likeness (QED) is 0.378. The third-order valence-electron chi connectivity index (χ3n) is 5.65. The third-order valence-corrected chi connectivity index (χ3v) is 5.65. The van der Waals surface area contributed by atoms with E-state index in [2.05, 4.69) is 10.6 Å². The number of alkyl carbamates (subject to hydrolysis) is 1. The van der Waals surface area contributed by atoms with Gasteiger partial charge in [0.15, 0.2) is 0 Å². The number of nitrogens with one attached hydrogen (secondary N) is 2. The van der Waals surface area contributed by atoms with Crippen LogP contribution in [-0.4, -0.2) is 52.1 Å². The second-order valence-electron chi connectivity index (χ2n) is 10.4. The van der Waals surface area contributed by atoms with Crippen LogP contribution in [0.2, 0.25) is 0 Å². The largest absolute Gasteiger partial charge is 0.508 e. The van der Waals surface area contributed by atoms with Crippen LogP contribution >= 0.6 is 0 Å². The van der Waals surface area contributed by atoms with Crippen molar-refractivity contribution in [1.82, 2.24) is 15.5 Å². The van der Waals surface area contributed by atoms with Gasteiger partial charge in [-0.05, 0) is 64.3 Å². The van der Waals surface area contributed by atoms with Crippen molar-refractivity contribution in [3.05, 3.63) is 65.7 Å². The Kier molecular flexibility index (Phi) is 11.0. The number of phenols is 1. The standard InChI is InChI=1S/C29H41N3O5/c1-7-8-18-30-26(34)25(22-12-10-9-11-13-22)32(20(2)3)27(35)24(31-28(36)37-29(4,5)6)19-21-14-16-23(33)17-15-21/h9-17,20,24-25,33H,7-8,18-19H2,1-6H3,(H,30,34)(H,31,36). The molecule has 0 saturated heterocycles. The molecule has 8 nitrogen and oxygen atoms in total. The Morgan fingerprint density at radius 3 is 2.16 bits per heavy atom. The number of nitrogens with zero attached hydrogens (tertiary/aromatic N) is 1. The van der Waals surface area contributed by atoms with E-state index in [0.29, 0.717) is 12.1 Å². The van der Waals surface area contributed by atoms with Crippen LogP contribution in [0.4, 0.5) is 4.79 Å². The van der Waals surface area contributed by atoms with Crippen molar-refractivity contribution in [2.24, 2.45) is 0 Å². The molecule has 0 aromatic heterocycles. The van der Waals surface area contributed by atoms with Crippen LogP contribution in [0.1, 0.15) is 71.6 Å². The fourth-order valence-electron chi connectivity index (χ4n) is 3.94. The van der Waals surface area contributed by atoms with E-state index in [0.717, 1.165) is 18.4 Å². The zero-order valence-corrected chi connectivity index (χ0v) is 22.8. The number of phenolic OH excluding ortho intramolecular Hbond substituents is 1. The van der Waals surface area contributed by atoms with Gasteiger partial charge in [-0.2, -0.15) is 0 Å². The normalized spacial score (nSPS) is 12.9. The Hall–Kier alpha value is -3.55. The maximum Gasteiger partial charge on any atom is 0.408 e. The van der Waals surface area contributed by atoms with Crippen LogP contribution in [0, 0.1) is 0 Å². The Balaban J connectivity index is 2.47. The van der Waals surface area contributed by atoms with Crippen LogP contribution in [0.25, 0.3) is 0 Å². The number of hydrogen-bond donors (Lipinski definition) is 3. The lowest BCUT2D eigenvalue weighted by Crippen LogP contribution is -2.55. The molecule has 2 rings (SSSR count). The highest BCUT2D eigenvalue weighted by Gasteiger charge is 2.37. The van der Waals surface area contributed by atoms with E-state index in [-0.39, 0.29) is 24.1 Å². The van der Waals surface area contributed by atoms with Gasteiger partial charge in [-0.1, -0.05) is 55.8 Å². The smallest absolute Gasteiger partial charge is 0.408 e. The van der Waals surface area contributed by atoms with Gasteiger partial charge in [-0.3, -0.25) is 9.59 Å². The van der Waals surface area contributed by atoms with Crippen molar-refractivity contribution < 1.29 is 24.2 Å². The first-order chi connectivity index (χ1) is 17.4. The molecule has 2 aromatic carbocycles. The second-order valence-corrected chi connectivity index (χ2v) is 10.4. The average Bonchev–Trinajstić information content (AvgIpc) is 2.82. The lowest BCUT2D eigenvalue weighted by atomic mass is 9.99. The number of benzene rings is 2. The lowest BCUT2D eigenvalue weighted by Gasteiger charge is -2.37. The molecule has 0 aliphatic heterocycles. The number of carbonyl (C=O) groups excluding carboxylic acids is 3. The molecule has 3 amide bonds. The van der Waals surface area contributed by atoms with E-state index >= 15 is 0 Å². The molecule has 0 spiro atoms. The van der Waals surface area contributed by atoms with Crippen LogP contribution in [0.5, 0.6) is 5.75 Å². The summed E-state index contributed by atoms with van der Waals surface area (Å²) in [6.45, 7) is 11.5. The summed E-state index contributed by atoms with van der Waals surface area (Å²) in [5.41, 5.74) is 0.665. The number of unbranched alkanes of at least 4 members (excludes halogenated alkanes) is 1. The average molecular weight is 512 g/mol. The van der Waals surface area contributed by atoms with Gasteiger partial charge in [-0.25, -0.2) is 4.79 Å². The maximum atomic E-state index is 14.1. The highest BCUT2D eigenvalue weighted by molar-refractivity contribution is 5.92. The molecule has 0 bridgehead atoms. The molecule has 8 heteroatoms. The van der Waals surface area contributed by atoms with Gasteiger partial charge in [0.2, 0.25) is 11.8 Å². The number of amides is 3. The molecule has 2 atom stereocenters. The van der Waals surface area contributed by atoms with Crippen molar-refractivity contribution in [2.45, 2.75) is 84.5 Å². The minimum absolute atomic E-state index is 0.100. The minimum Gasteiger partial charge on any atom is -0.508 e. The van der Waals surface area contributed by atoms with Gasteiger partial charge in [0.25, 0.3) is 0 Å². The molecule has 2 unspecified atom stereocenters. The predicted octanol–water partition coefficient (Wildman–Crippen LogP) is 4.72. The molecule has 3 N–H and O–H groups in total. The zero-order valence-electron chi connectivity index (χ0n) is 22.8. The van der Waals surface area contributed by atoms with E-state index in [1.165, 1.54) is 17.0 Å². The van der Waals surface area contributed by atoms with E-state index in [4.69, 9.17) is 4.74 Å². The summed E-state index contributed by atoms with van der Waals surface area (Å²) in [5.74, 6) is -0.584. The first-order valence-corrected chi connectivity index (χ1v) is 12.8. The lowest BCUT2D eigenvalue weighted by molar-refractivity contribution is -0.144. The van der Waals surface area contributed by atoms with Crippen molar-refractivity contribution in [1.29, 1.82) is 0 Å². The number of rotatable bonds is 11. The summed E-state index contributed by atoms with van der Waals surface area (Å²) in [7, 11) is 0. The third kappa shape index (κ3) is 9.44. The second kappa shape index (κ2) is 13.7. The molecule has 0 heterocycles.